The molecule has 2 rings (SSSR count). The Morgan fingerprint density at radius 1 is 1.69 bits per heavy atom. The van der Waals surface area contributed by atoms with E-state index in [4.69, 9.17) is 4.52 Å². The van der Waals surface area contributed by atoms with Crippen molar-refractivity contribution in [2.75, 3.05) is 12.3 Å². The van der Waals surface area contributed by atoms with Crippen LogP contribution in [0.3, 0.4) is 0 Å². The second kappa shape index (κ2) is 5.39. The first-order valence-corrected chi connectivity index (χ1v) is 6.66. The van der Waals surface area contributed by atoms with Crippen molar-refractivity contribution in [3.8, 4) is 0 Å². The summed E-state index contributed by atoms with van der Waals surface area (Å²) < 4.78 is 4.95. The molecule has 1 aromatic rings. The quantitative estimate of drug-likeness (QED) is 0.823. The van der Waals surface area contributed by atoms with E-state index >= 15 is 0 Å². The van der Waals surface area contributed by atoms with Gasteiger partial charge in [0.15, 0.2) is 0 Å². The molecule has 1 aromatic heterocycles. The minimum atomic E-state index is 0.122. The lowest BCUT2D eigenvalue weighted by Crippen LogP contribution is -2.27. The lowest BCUT2D eigenvalue weighted by atomic mass is 10.4. The van der Waals surface area contributed by atoms with Crippen molar-refractivity contribution in [2.24, 2.45) is 5.92 Å². The van der Waals surface area contributed by atoms with Gasteiger partial charge < -0.3 is 9.84 Å². The number of thioether (sulfide) groups is 1. The van der Waals surface area contributed by atoms with Crippen molar-refractivity contribution in [2.45, 2.75) is 25.5 Å². The maximum atomic E-state index is 11.4. The number of aromatic nitrogens is 1. The summed E-state index contributed by atoms with van der Waals surface area (Å²) in [5, 5.41) is 6.80. The maximum Gasteiger partial charge on any atom is 0.230 e. The second-order valence-electron chi connectivity index (χ2n) is 4.17. The minimum Gasteiger partial charge on any atom is -0.361 e. The first-order valence-electron chi connectivity index (χ1n) is 5.50. The smallest absolute Gasteiger partial charge is 0.230 e. The van der Waals surface area contributed by atoms with Crippen LogP contribution in [0.2, 0.25) is 0 Å². The molecule has 1 aliphatic carbocycles. The van der Waals surface area contributed by atoms with E-state index in [0.29, 0.717) is 5.75 Å². The highest BCUT2D eigenvalue weighted by Crippen LogP contribution is 2.27. The number of nitrogens with one attached hydrogen (secondary N) is 1. The average molecular weight is 240 g/mol. The van der Waals surface area contributed by atoms with E-state index in [1.807, 2.05) is 13.0 Å². The number of hydrogen-bond acceptors (Lipinski definition) is 4. The van der Waals surface area contributed by atoms with Gasteiger partial charge in [0.25, 0.3) is 0 Å². The molecule has 1 saturated carbocycles. The Kier molecular flexibility index (Phi) is 3.88. The molecule has 1 N–H and O–H groups in total. The van der Waals surface area contributed by atoms with Crippen LogP contribution in [-0.2, 0) is 10.5 Å². The summed E-state index contributed by atoms with van der Waals surface area (Å²) in [5.74, 6) is 2.91. The third-order valence-electron chi connectivity index (χ3n) is 2.44. The predicted octanol–water partition coefficient (Wildman–Crippen LogP) is 1.74. The van der Waals surface area contributed by atoms with Crippen LogP contribution in [0.4, 0.5) is 0 Å². The van der Waals surface area contributed by atoms with Gasteiger partial charge in [0.2, 0.25) is 5.91 Å². The van der Waals surface area contributed by atoms with Gasteiger partial charge in [-0.05, 0) is 25.7 Å². The van der Waals surface area contributed by atoms with E-state index in [9.17, 15) is 4.79 Å². The monoisotopic (exact) mass is 240 g/mol. The summed E-state index contributed by atoms with van der Waals surface area (Å²) in [7, 11) is 0. The van der Waals surface area contributed by atoms with Crippen molar-refractivity contribution in [1.82, 2.24) is 10.5 Å². The fraction of sp³-hybridized carbons (Fsp3) is 0.636. The molecule has 4 nitrogen and oxygen atoms in total. The Hall–Kier alpha value is -0.970. The zero-order valence-corrected chi connectivity index (χ0v) is 10.2. The molecule has 1 amide bonds. The van der Waals surface area contributed by atoms with Crippen LogP contribution in [0, 0.1) is 12.8 Å². The third-order valence-corrected chi connectivity index (χ3v) is 3.41. The second-order valence-corrected chi connectivity index (χ2v) is 5.15. The zero-order valence-electron chi connectivity index (χ0n) is 9.36. The number of carbonyl (C=O) groups excluding carboxylic acids is 1. The Labute approximate surface area is 99.1 Å². The molecule has 5 heteroatoms. The van der Waals surface area contributed by atoms with Crippen LogP contribution in [-0.4, -0.2) is 23.4 Å². The highest BCUT2D eigenvalue weighted by molar-refractivity contribution is 7.99. The summed E-state index contributed by atoms with van der Waals surface area (Å²) in [6.45, 7) is 2.71. The van der Waals surface area contributed by atoms with Crippen LogP contribution < -0.4 is 5.32 Å². The Morgan fingerprint density at radius 3 is 3.12 bits per heavy atom. The van der Waals surface area contributed by atoms with Crippen molar-refractivity contribution in [3.63, 3.8) is 0 Å². The molecule has 0 radical (unpaired) electrons. The van der Waals surface area contributed by atoms with E-state index < -0.39 is 0 Å². The first-order chi connectivity index (χ1) is 7.74. The molecule has 0 saturated heterocycles. The number of carbonyl (C=O) groups is 1. The maximum absolute atomic E-state index is 11.4. The van der Waals surface area contributed by atoms with Crippen molar-refractivity contribution < 1.29 is 9.32 Å². The SMILES string of the molecule is Cc1cc(CSCC(=O)NCC2CC2)no1. The molecule has 16 heavy (non-hydrogen) atoms. The number of aryl methyl sites for hydroxylation is 1. The standard InChI is InChI=1S/C11H16N2O2S/c1-8-4-10(13-15-8)6-16-7-11(14)12-5-9-2-3-9/h4,9H,2-3,5-7H2,1H3,(H,12,14). The molecule has 0 atom stereocenters. The minimum absolute atomic E-state index is 0.122. The number of amides is 1. The van der Waals surface area contributed by atoms with Gasteiger partial charge in [-0.1, -0.05) is 5.16 Å². The average Bonchev–Trinajstić information content (AvgIpc) is 2.99. The van der Waals surface area contributed by atoms with Gasteiger partial charge in [0.05, 0.1) is 11.4 Å². The molecule has 0 bridgehead atoms. The van der Waals surface area contributed by atoms with E-state index in [0.717, 1.165) is 29.7 Å². The molecular formula is C11H16N2O2S. The normalized spacial score (nSPS) is 15.1. The van der Waals surface area contributed by atoms with Gasteiger partial charge in [-0.15, -0.1) is 11.8 Å². The molecule has 0 aliphatic heterocycles. The number of rotatable bonds is 6. The highest BCUT2D eigenvalue weighted by Gasteiger charge is 2.21. The molecule has 1 heterocycles. The van der Waals surface area contributed by atoms with Gasteiger partial charge in [0, 0.05) is 18.4 Å². The van der Waals surface area contributed by atoms with E-state index in [-0.39, 0.29) is 5.91 Å². The lowest BCUT2D eigenvalue weighted by Gasteiger charge is -2.02. The fourth-order valence-electron chi connectivity index (χ4n) is 1.37. The molecule has 1 aliphatic rings. The van der Waals surface area contributed by atoms with Gasteiger partial charge in [-0.3, -0.25) is 4.79 Å². The van der Waals surface area contributed by atoms with Crippen molar-refractivity contribution in [1.29, 1.82) is 0 Å². The summed E-state index contributed by atoms with van der Waals surface area (Å²) in [5.41, 5.74) is 0.900. The third kappa shape index (κ3) is 3.89. The van der Waals surface area contributed by atoms with Crippen LogP contribution >= 0.6 is 11.8 Å². The van der Waals surface area contributed by atoms with E-state index in [1.54, 1.807) is 11.8 Å². The van der Waals surface area contributed by atoms with Crippen LogP contribution in [0.5, 0.6) is 0 Å². The van der Waals surface area contributed by atoms with Crippen molar-refractivity contribution in [3.05, 3.63) is 17.5 Å². The van der Waals surface area contributed by atoms with E-state index in [1.165, 1.54) is 12.8 Å². The van der Waals surface area contributed by atoms with Crippen molar-refractivity contribution >= 4 is 17.7 Å². The molecule has 0 aromatic carbocycles. The summed E-state index contributed by atoms with van der Waals surface area (Å²) in [6, 6.07) is 1.90. The highest BCUT2D eigenvalue weighted by atomic mass is 32.2. The Morgan fingerprint density at radius 2 is 2.50 bits per heavy atom. The largest absolute Gasteiger partial charge is 0.361 e. The predicted molar refractivity (Wildman–Crippen MR) is 63.1 cm³/mol. The molecule has 88 valence electrons. The summed E-state index contributed by atoms with van der Waals surface area (Å²) in [4.78, 5) is 11.4. The van der Waals surface area contributed by atoms with Crippen LogP contribution in [0.1, 0.15) is 24.3 Å². The van der Waals surface area contributed by atoms with Gasteiger partial charge >= 0.3 is 0 Å². The Bertz CT molecular complexity index is 361. The molecule has 0 spiro atoms. The number of hydrogen-bond donors (Lipinski definition) is 1. The molecular weight excluding hydrogens is 224 g/mol. The molecule has 0 unspecified atom stereocenters. The van der Waals surface area contributed by atoms with Gasteiger partial charge in [-0.2, -0.15) is 0 Å². The number of nitrogens with zero attached hydrogens (tertiary/aromatic N) is 1. The topological polar surface area (TPSA) is 55.1 Å². The van der Waals surface area contributed by atoms with Crippen LogP contribution in [0.15, 0.2) is 10.6 Å². The zero-order chi connectivity index (χ0) is 11.4. The lowest BCUT2D eigenvalue weighted by molar-refractivity contribution is -0.118. The van der Waals surface area contributed by atoms with Crippen LogP contribution in [0.25, 0.3) is 0 Å². The first kappa shape index (κ1) is 11.5. The fourth-order valence-corrected chi connectivity index (χ4v) is 2.10. The summed E-state index contributed by atoms with van der Waals surface area (Å²) >= 11 is 1.57. The molecule has 1 fully saturated rings. The Balaban J connectivity index is 1.57. The van der Waals surface area contributed by atoms with Gasteiger partial charge in [0.1, 0.15) is 5.76 Å². The van der Waals surface area contributed by atoms with Gasteiger partial charge in [-0.25, -0.2) is 0 Å². The summed E-state index contributed by atoms with van der Waals surface area (Å²) in [6.07, 6.45) is 2.54. The van der Waals surface area contributed by atoms with E-state index in [2.05, 4.69) is 10.5 Å².